The van der Waals surface area contributed by atoms with Crippen LogP contribution in [0.3, 0.4) is 0 Å². The Morgan fingerprint density at radius 3 is 2.37 bits per heavy atom. The van der Waals surface area contributed by atoms with E-state index < -0.39 is 0 Å². The minimum absolute atomic E-state index is 0.0288. The highest BCUT2D eigenvalue weighted by Crippen LogP contribution is 2.45. The van der Waals surface area contributed by atoms with E-state index in [4.69, 9.17) is 0 Å². The molecule has 0 radical (unpaired) electrons. The standard InChI is InChI=1S/C16H30N2O/c1-4-9-18(14-11-17-12-14)15(19)16(10-13(2)3)7-5-6-8-16/h13-14,17H,4-12H2,1-3H3. The zero-order valence-corrected chi connectivity index (χ0v) is 12.9. The monoisotopic (exact) mass is 266 g/mol. The van der Waals surface area contributed by atoms with Gasteiger partial charge in [0.25, 0.3) is 0 Å². The zero-order chi connectivity index (χ0) is 13.9. The summed E-state index contributed by atoms with van der Waals surface area (Å²) in [6.45, 7) is 9.60. The van der Waals surface area contributed by atoms with Gasteiger partial charge in [-0.25, -0.2) is 0 Å². The lowest BCUT2D eigenvalue weighted by molar-refractivity contribution is -0.146. The molecule has 19 heavy (non-hydrogen) atoms. The van der Waals surface area contributed by atoms with Crippen LogP contribution in [0.1, 0.15) is 59.3 Å². The number of carbonyl (C=O) groups excluding carboxylic acids is 1. The Kier molecular flexibility index (Phi) is 4.88. The predicted molar refractivity (Wildman–Crippen MR) is 79.0 cm³/mol. The minimum Gasteiger partial charge on any atom is -0.337 e. The predicted octanol–water partition coefficient (Wildman–Crippen LogP) is 2.80. The maximum atomic E-state index is 13.1. The van der Waals surface area contributed by atoms with E-state index >= 15 is 0 Å². The molecule has 1 saturated heterocycles. The summed E-state index contributed by atoms with van der Waals surface area (Å²) >= 11 is 0. The van der Waals surface area contributed by atoms with Crippen LogP contribution in [0.15, 0.2) is 0 Å². The van der Waals surface area contributed by atoms with Crippen molar-refractivity contribution in [3.63, 3.8) is 0 Å². The zero-order valence-electron chi connectivity index (χ0n) is 12.9. The third kappa shape index (κ3) is 3.13. The maximum Gasteiger partial charge on any atom is 0.229 e. The fourth-order valence-corrected chi connectivity index (χ4v) is 3.83. The van der Waals surface area contributed by atoms with E-state index in [1.165, 1.54) is 12.8 Å². The van der Waals surface area contributed by atoms with Gasteiger partial charge in [-0.3, -0.25) is 4.79 Å². The van der Waals surface area contributed by atoms with Gasteiger partial charge in [-0.1, -0.05) is 33.6 Å². The molecule has 1 aliphatic heterocycles. The minimum atomic E-state index is -0.0288. The highest BCUT2D eigenvalue weighted by Gasteiger charge is 2.45. The molecule has 2 rings (SSSR count). The molecule has 3 heteroatoms. The Bertz CT molecular complexity index is 304. The molecule has 0 aromatic heterocycles. The molecule has 1 aliphatic carbocycles. The van der Waals surface area contributed by atoms with Crippen molar-refractivity contribution in [2.75, 3.05) is 19.6 Å². The van der Waals surface area contributed by atoms with Crippen molar-refractivity contribution in [3.05, 3.63) is 0 Å². The highest BCUT2D eigenvalue weighted by atomic mass is 16.2. The van der Waals surface area contributed by atoms with Gasteiger partial charge in [-0.2, -0.15) is 0 Å². The summed E-state index contributed by atoms with van der Waals surface area (Å²) in [6, 6.07) is 0.456. The smallest absolute Gasteiger partial charge is 0.229 e. The molecule has 0 aromatic carbocycles. The van der Waals surface area contributed by atoms with Crippen LogP contribution < -0.4 is 5.32 Å². The van der Waals surface area contributed by atoms with Gasteiger partial charge in [0.2, 0.25) is 5.91 Å². The second-order valence-electron chi connectivity index (χ2n) is 6.90. The lowest BCUT2D eigenvalue weighted by Crippen LogP contribution is -2.61. The topological polar surface area (TPSA) is 32.3 Å². The largest absolute Gasteiger partial charge is 0.337 e. The lowest BCUT2D eigenvalue weighted by Gasteiger charge is -2.43. The summed E-state index contributed by atoms with van der Waals surface area (Å²) in [5, 5.41) is 3.30. The van der Waals surface area contributed by atoms with Crippen LogP contribution in [0, 0.1) is 11.3 Å². The number of hydrogen-bond acceptors (Lipinski definition) is 2. The molecule has 0 atom stereocenters. The molecule has 2 fully saturated rings. The van der Waals surface area contributed by atoms with E-state index in [-0.39, 0.29) is 5.41 Å². The third-order valence-corrected chi connectivity index (χ3v) is 4.74. The molecule has 1 N–H and O–H groups in total. The van der Waals surface area contributed by atoms with Gasteiger partial charge in [0.15, 0.2) is 0 Å². The van der Waals surface area contributed by atoms with Crippen molar-refractivity contribution >= 4 is 5.91 Å². The summed E-state index contributed by atoms with van der Waals surface area (Å²) in [4.78, 5) is 15.3. The van der Waals surface area contributed by atoms with Gasteiger partial charge in [0, 0.05) is 25.0 Å². The molecule has 0 spiro atoms. The second-order valence-corrected chi connectivity index (χ2v) is 6.90. The van der Waals surface area contributed by atoms with Gasteiger partial charge in [0.1, 0.15) is 0 Å². The Labute approximate surface area is 118 Å². The van der Waals surface area contributed by atoms with Gasteiger partial charge in [0.05, 0.1) is 6.04 Å². The van der Waals surface area contributed by atoms with Crippen LogP contribution in [0.25, 0.3) is 0 Å². The van der Waals surface area contributed by atoms with E-state index in [1.54, 1.807) is 0 Å². The number of nitrogens with zero attached hydrogens (tertiary/aromatic N) is 1. The molecule has 0 bridgehead atoms. The molecule has 1 heterocycles. The van der Waals surface area contributed by atoms with Crippen LogP contribution >= 0.6 is 0 Å². The molecular formula is C16H30N2O. The summed E-state index contributed by atoms with van der Waals surface area (Å²) in [7, 11) is 0. The summed E-state index contributed by atoms with van der Waals surface area (Å²) in [5.41, 5.74) is -0.0288. The van der Waals surface area contributed by atoms with Crippen molar-refractivity contribution in [1.82, 2.24) is 10.2 Å². The second kappa shape index (κ2) is 6.25. The van der Waals surface area contributed by atoms with Crippen molar-refractivity contribution < 1.29 is 4.79 Å². The average molecular weight is 266 g/mol. The molecular weight excluding hydrogens is 236 g/mol. The van der Waals surface area contributed by atoms with E-state index in [0.717, 1.165) is 45.3 Å². The van der Waals surface area contributed by atoms with Gasteiger partial charge in [-0.15, -0.1) is 0 Å². The lowest BCUT2D eigenvalue weighted by atomic mass is 9.77. The Balaban J connectivity index is 2.11. The third-order valence-electron chi connectivity index (χ3n) is 4.74. The van der Waals surface area contributed by atoms with Crippen molar-refractivity contribution in [2.24, 2.45) is 11.3 Å². The first-order valence-electron chi connectivity index (χ1n) is 8.11. The van der Waals surface area contributed by atoms with Crippen LogP contribution in [0.4, 0.5) is 0 Å². The first-order chi connectivity index (χ1) is 9.09. The van der Waals surface area contributed by atoms with Gasteiger partial charge < -0.3 is 10.2 Å². The Morgan fingerprint density at radius 1 is 1.32 bits per heavy atom. The number of rotatable bonds is 6. The van der Waals surface area contributed by atoms with Crippen molar-refractivity contribution in [1.29, 1.82) is 0 Å². The molecule has 1 saturated carbocycles. The Hall–Kier alpha value is -0.570. The normalized spacial score (nSPS) is 22.5. The van der Waals surface area contributed by atoms with E-state index in [0.29, 0.717) is 17.9 Å². The molecule has 3 nitrogen and oxygen atoms in total. The average Bonchev–Trinajstić information content (AvgIpc) is 2.74. The quantitative estimate of drug-likeness (QED) is 0.802. The number of carbonyl (C=O) groups is 1. The number of nitrogens with one attached hydrogen (secondary N) is 1. The van der Waals surface area contributed by atoms with Gasteiger partial charge >= 0.3 is 0 Å². The number of amides is 1. The highest BCUT2D eigenvalue weighted by molar-refractivity contribution is 5.83. The van der Waals surface area contributed by atoms with Crippen molar-refractivity contribution in [3.8, 4) is 0 Å². The van der Waals surface area contributed by atoms with E-state index in [2.05, 4.69) is 31.0 Å². The molecule has 110 valence electrons. The summed E-state index contributed by atoms with van der Waals surface area (Å²) in [5.74, 6) is 1.08. The first kappa shape index (κ1) is 14.8. The summed E-state index contributed by atoms with van der Waals surface area (Å²) < 4.78 is 0. The number of hydrogen-bond donors (Lipinski definition) is 1. The summed E-state index contributed by atoms with van der Waals surface area (Å²) in [6.07, 6.45) is 6.85. The molecule has 0 unspecified atom stereocenters. The van der Waals surface area contributed by atoms with Crippen LogP contribution in [0.5, 0.6) is 0 Å². The molecule has 1 amide bonds. The van der Waals surface area contributed by atoms with E-state index in [1.807, 2.05) is 0 Å². The van der Waals surface area contributed by atoms with Crippen LogP contribution in [-0.4, -0.2) is 36.5 Å². The van der Waals surface area contributed by atoms with Crippen LogP contribution in [-0.2, 0) is 4.79 Å². The van der Waals surface area contributed by atoms with E-state index in [9.17, 15) is 4.79 Å². The maximum absolute atomic E-state index is 13.1. The Morgan fingerprint density at radius 2 is 1.95 bits per heavy atom. The molecule has 2 aliphatic rings. The fourth-order valence-electron chi connectivity index (χ4n) is 3.83. The SMILES string of the molecule is CCCN(C(=O)C1(CC(C)C)CCCC1)C1CNC1. The first-order valence-corrected chi connectivity index (χ1v) is 8.11. The fraction of sp³-hybridized carbons (Fsp3) is 0.938. The van der Waals surface area contributed by atoms with Crippen molar-refractivity contribution in [2.45, 2.75) is 65.3 Å². The molecule has 0 aromatic rings. The van der Waals surface area contributed by atoms with Crippen LogP contribution in [0.2, 0.25) is 0 Å². The van der Waals surface area contributed by atoms with Gasteiger partial charge in [-0.05, 0) is 31.6 Å².